The molecule has 494 valence electrons. The summed E-state index contributed by atoms with van der Waals surface area (Å²) >= 11 is 0. The van der Waals surface area contributed by atoms with Crippen LogP contribution in [0.4, 0.5) is 0 Å². The van der Waals surface area contributed by atoms with Crippen LogP contribution in [-0.2, 0) is 28.6 Å². The largest absolute Gasteiger partial charge is 0.462 e. The average molecular weight is 1170 g/mol. The van der Waals surface area contributed by atoms with E-state index in [2.05, 4.69) is 20.8 Å². The Hall–Kier alpha value is -1.59. The fourth-order valence-corrected chi connectivity index (χ4v) is 12.3. The lowest BCUT2D eigenvalue weighted by Crippen LogP contribution is -2.30. The molecule has 0 fully saturated rings. The Morgan fingerprint density at radius 2 is 0.325 bits per heavy atom. The van der Waals surface area contributed by atoms with Gasteiger partial charge in [-0.1, -0.05) is 419 Å². The molecule has 0 aromatic carbocycles. The highest BCUT2D eigenvalue weighted by Crippen LogP contribution is 2.20. The normalized spacial score (nSPS) is 11.9. The fourth-order valence-electron chi connectivity index (χ4n) is 12.3. The molecule has 0 rings (SSSR count). The van der Waals surface area contributed by atoms with Crippen molar-refractivity contribution >= 4 is 17.9 Å². The van der Waals surface area contributed by atoms with E-state index in [0.29, 0.717) is 19.3 Å². The van der Waals surface area contributed by atoms with E-state index in [9.17, 15) is 14.4 Å². The molecule has 0 N–H and O–H groups in total. The van der Waals surface area contributed by atoms with Crippen molar-refractivity contribution in [3.8, 4) is 0 Å². The smallest absolute Gasteiger partial charge is 0.306 e. The van der Waals surface area contributed by atoms with E-state index in [1.807, 2.05) is 0 Å². The molecule has 6 heteroatoms. The van der Waals surface area contributed by atoms with Crippen molar-refractivity contribution in [1.82, 2.24) is 0 Å². The van der Waals surface area contributed by atoms with Crippen LogP contribution >= 0.6 is 0 Å². The van der Waals surface area contributed by atoms with E-state index in [0.717, 1.165) is 57.8 Å². The van der Waals surface area contributed by atoms with Gasteiger partial charge in [0.1, 0.15) is 13.2 Å². The van der Waals surface area contributed by atoms with E-state index < -0.39 is 6.10 Å². The minimum Gasteiger partial charge on any atom is -0.462 e. The van der Waals surface area contributed by atoms with Gasteiger partial charge in [-0.25, -0.2) is 0 Å². The summed E-state index contributed by atoms with van der Waals surface area (Å²) in [6.45, 7) is 6.73. The lowest BCUT2D eigenvalue weighted by molar-refractivity contribution is -0.167. The molecular weight excluding hydrogens is 1020 g/mol. The van der Waals surface area contributed by atoms with Crippen molar-refractivity contribution < 1.29 is 28.6 Å². The third-order valence-corrected chi connectivity index (χ3v) is 18.1. The topological polar surface area (TPSA) is 78.9 Å². The number of unbranched alkanes of at least 4 members (excludes halogenated alkanes) is 62. The summed E-state index contributed by atoms with van der Waals surface area (Å²) in [5.41, 5.74) is 0. The van der Waals surface area contributed by atoms with Crippen LogP contribution in [0, 0.1) is 0 Å². The van der Waals surface area contributed by atoms with Crippen molar-refractivity contribution in [1.29, 1.82) is 0 Å². The standard InChI is InChI=1S/C77H150O6/c1-4-7-10-13-16-19-21-23-25-27-29-31-33-34-35-36-37-38-39-40-41-42-44-45-47-49-51-53-55-58-61-64-67-70-76(79)82-73-74(72-81-75(78)69-66-63-60-57-18-15-12-9-6-3)83-77(80)71-68-65-62-59-56-54-52-50-48-46-43-32-30-28-26-24-22-20-17-14-11-8-5-2/h74H,4-73H2,1-3H3. The highest BCUT2D eigenvalue weighted by Gasteiger charge is 2.20. The number of carbonyl (C=O) groups excluding carboxylic acids is 3. The molecule has 0 aromatic rings. The molecule has 0 saturated carbocycles. The molecular formula is C77H150O6. The molecule has 0 saturated heterocycles. The van der Waals surface area contributed by atoms with Crippen LogP contribution < -0.4 is 0 Å². The quantitative estimate of drug-likeness (QED) is 0.0343. The Balaban J connectivity index is 3.98. The zero-order chi connectivity index (χ0) is 59.9. The molecule has 0 radical (unpaired) electrons. The van der Waals surface area contributed by atoms with Gasteiger partial charge >= 0.3 is 17.9 Å². The SMILES string of the molecule is CCCCCCCCCCCCCCCCCCCCCCCCCCCCCCCCCCCC(=O)OCC(COC(=O)CCCCCCCCCCC)OC(=O)CCCCCCCCCCCCCCCCCCCCCCCCC. The van der Waals surface area contributed by atoms with Gasteiger partial charge in [0, 0.05) is 19.3 Å². The summed E-state index contributed by atoms with van der Waals surface area (Å²) in [5, 5.41) is 0. The van der Waals surface area contributed by atoms with Crippen molar-refractivity contribution in [2.75, 3.05) is 13.2 Å². The summed E-state index contributed by atoms with van der Waals surface area (Å²) in [6.07, 6.45) is 87.6. The molecule has 0 bridgehead atoms. The van der Waals surface area contributed by atoms with Gasteiger partial charge in [-0.15, -0.1) is 0 Å². The van der Waals surface area contributed by atoms with Gasteiger partial charge in [0.2, 0.25) is 0 Å². The maximum Gasteiger partial charge on any atom is 0.306 e. The summed E-state index contributed by atoms with van der Waals surface area (Å²) in [7, 11) is 0. The number of hydrogen-bond donors (Lipinski definition) is 0. The lowest BCUT2D eigenvalue weighted by Gasteiger charge is -2.18. The Morgan fingerprint density at radius 1 is 0.193 bits per heavy atom. The number of esters is 3. The second-order valence-corrected chi connectivity index (χ2v) is 26.6. The van der Waals surface area contributed by atoms with Crippen molar-refractivity contribution in [3.63, 3.8) is 0 Å². The lowest BCUT2D eigenvalue weighted by atomic mass is 10.0. The monoisotopic (exact) mass is 1170 g/mol. The maximum atomic E-state index is 12.9. The molecule has 0 heterocycles. The first kappa shape index (κ1) is 81.4. The number of hydrogen-bond acceptors (Lipinski definition) is 6. The van der Waals surface area contributed by atoms with Gasteiger partial charge in [-0.3, -0.25) is 14.4 Å². The van der Waals surface area contributed by atoms with Crippen LogP contribution in [0.25, 0.3) is 0 Å². The van der Waals surface area contributed by atoms with Crippen LogP contribution in [0.15, 0.2) is 0 Å². The third kappa shape index (κ3) is 71.1. The van der Waals surface area contributed by atoms with E-state index in [4.69, 9.17) is 14.2 Å². The van der Waals surface area contributed by atoms with Crippen molar-refractivity contribution in [2.45, 2.75) is 463 Å². The molecule has 0 aromatic heterocycles. The molecule has 1 atom stereocenters. The molecule has 83 heavy (non-hydrogen) atoms. The predicted molar refractivity (Wildman–Crippen MR) is 363 cm³/mol. The molecule has 0 amide bonds. The molecule has 0 aliphatic rings. The highest BCUT2D eigenvalue weighted by molar-refractivity contribution is 5.71. The van der Waals surface area contributed by atoms with Crippen LogP contribution in [0.3, 0.4) is 0 Å². The van der Waals surface area contributed by atoms with Gasteiger partial charge in [0.25, 0.3) is 0 Å². The molecule has 1 unspecified atom stereocenters. The highest BCUT2D eigenvalue weighted by atomic mass is 16.6. The van der Waals surface area contributed by atoms with Crippen molar-refractivity contribution in [3.05, 3.63) is 0 Å². The minimum absolute atomic E-state index is 0.0606. The van der Waals surface area contributed by atoms with Crippen LogP contribution in [0.1, 0.15) is 457 Å². The zero-order valence-electron chi connectivity index (χ0n) is 57.0. The third-order valence-electron chi connectivity index (χ3n) is 18.1. The Labute approximate surface area is 520 Å². The second kappa shape index (κ2) is 72.9. The zero-order valence-corrected chi connectivity index (χ0v) is 57.0. The van der Waals surface area contributed by atoms with Gasteiger partial charge in [0.15, 0.2) is 6.10 Å². The van der Waals surface area contributed by atoms with E-state index >= 15 is 0 Å². The molecule has 0 aliphatic carbocycles. The number of carbonyl (C=O) groups is 3. The van der Waals surface area contributed by atoms with Crippen LogP contribution in [0.2, 0.25) is 0 Å². The van der Waals surface area contributed by atoms with E-state index in [1.165, 1.54) is 360 Å². The van der Waals surface area contributed by atoms with Gasteiger partial charge in [0.05, 0.1) is 0 Å². The summed E-state index contributed by atoms with van der Waals surface area (Å²) in [5.74, 6) is -0.824. The summed E-state index contributed by atoms with van der Waals surface area (Å²) < 4.78 is 17.0. The van der Waals surface area contributed by atoms with Gasteiger partial charge in [-0.05, 0) is 19.3 Å². The van der Waals surface area contributed by atoms with Crippen LogP contribution in [-0.4, -0.2) is 37.2 Å². The molecule has 0 aliphatic heterocycles. The fraction of sp³-hybridized carbons (Fsp3) is 0.961. The predicted octanol–water partition coefficient (Wildman–Crippen LogP) is 26.6. The Kier molecular flexibility index (Phi) is 71.5. The minimum atomic E-state index is -0.763. The van der Waals surface area contributed by atoms with Crippen molar-refractivity contribution in [2.24, 2.45) is 0 Å². The second-order valence-electron chi connectivity index (χ2n) is 26.6. The summed E-state index contributed by atoms with van der Waals surface area (Å²) in [4.78, 5) is 38.3. The molecule has 0 spiro atoms. The van der Waals surface area contributed by atoms with Gasteiger partial charge in [-0.2, -0.15) is 0 Å². The maximum absolute atomic E-state index is 12.9. The van der Waals surface area contributed by atoms with E-state index in [1.54, 1.807) is 0 Å². The van der Waals surface area contributed by atoms with Gasteiger partial charge < -0.3 is 14.2 Å². The first-order valence-corrected chi connectivity index (χ1v) is 38.5. The first-order chi connectivity index (χ1) is 41.0. The number of ether oxygens (including phenoxy) is 3. The average Bonchev–Trinajstić information content (AvgIpc) is 3.49. The first-order valence-electron chi connectivity index (χ1n) is 38.5. The summed E-state index contributed by atoms with van der Waals surface area (Å²) in [6, 6.07) is 0. The number of rotatable bonds is 73. The Morgan fingerprint density at radius 3 is 0.482 bits per heavy atom. The van der Waals surface area contributed by atoms with E-state index in [-0.39, 0.29) is 31.1 Å². The molecule has 6 nitrogen and oxygen atoms in total. The van der Waals surface area contributed by atoms with Crippen LogP contribution in [0.5, 0.6) is 0 Å². The Bertz CT molecular complexity index is 1250.